The number of nitrogens with zero attached hydrogens (tertiary/aromatic N) is 3. The van der Waals surface area contributed by atoms with Crippen LogP contribution in [0.2, 0.25) is 0 Å². The molecule has 132 valence electrons. The van der Waals surface area contributed by atoms with Crippen LogP contribution < -0.4 is 9.47 Å². The Hall–Kier alpha value is -2.86. The molecule has 1 fully saturated rings. The van der Waals surface area contributed by atoms with Gasteiger partial charge in [0.15, 0.2) is 11.5 Å². The molecule has 6 nitrogen and oxygen atoms in total. The first-order valence-electron chi connectivity index (χ1n) is 8.85. The number of aromatic nitrogens is 2. The molecule has 1 aromatic heterocycles. The highest BCUT2D eigenvalue weighted by atomic mass is 16.7. The summed E-state index contributed by atoms with van der Waals surface area (Å²) in [5.74, 6) is 3.27. The van der Waals surface area contributed by atoms with Crippen LogP contribution in [0.25, 0.3) is 11.5 Å². The Morgan fingerprint density at radius 1 is 1.00 bits per heavy atom. The quantitative estimate of drug-likeness (QED) is 0.719. The Kier molecular flexibility index (Phi) is 3.83. The van der Waals surface area contributed by atoms with E-state index in [-0.39, 0.29) is 5.92 Å². The van der Waals surface area contributed by atoms with Gasteiger partial charge >= 0.3 is 0 Å². The van der Waals surface area contributed by atoms with Gasteiger partial charge in [0.1, 0.15) is 0 Å². The summed E-state index contributed by atoms with van der Waals surface area (Å²) in [4.78, 5) is 2.41. The Labute approximate surface area is 151 Å². The SMILES string of the molecule is c1ccc(-c2nnc(C3CCN(Cc4ccc5c(c4)OCO5)C3)o2)cc1. The number of likely N-dealkylation sites (tertiary alicyclic amines) is 1. The number of rotatable bonds is 4. The van der Waals surface area contributed by atoms with Gasteiger partial charge in [0.05, 0.1) is 5.92 Å². The number of hydrogen-bond acceptors (Lipinski definition) is 6. The number of ether oxygens (including phenoxy) is 2. The second-order valence-corrected chi connectivity index (χ2v) is 6.72. The molecular weight excluding hydrogens is 330 g/mol. The Morgan fingerprint density at radius 2 is 1.88 bits per heavy atom. The van der Waals surface area contributed by atoms with E-state index in [9.17, 15) is 0 Å². The van der Waals surface area contributed by atoms with Crippen molar-refractivity contribution in [2.75, 3.05) is 19.9 Å². The van der Waals surface area contributed by atoms with E-state index in [4.69, 9.17) is 13.9 Å². The summed E-state index contributed by atoms with van der Waals surface area (Å²) >= 11 is 0. The highest BCUT2D eigenvalue weighted by Crippen LogP contribution is 2.34. The van der Waals surface area contributed by atoms with Crippen molar-refractivity contribution < 1.29 is 13.9 Å². The van der Waals surface area contributed by atoms with Gasteiger partial charge in [-0.25, -0.2) is 0 Å². The number of fused-ring (bicyclic) bond motifs is 1. The van der Waals surface area contributed by atoms with Gasteiger partial charge in [0.2, 0.25) is 18.6 Å². The van der Waals surface area contributed by atoms with Crippen molar-refractivity contribution in [3.8, 4) is 23.0 Å². The van der Waals surface area contributed by atoms with Crippen LogP contribution in [0.15, 0.2) is 52.9 Å². The fourth-order valence-electron chi connectivity index (χ4n) is 3.57. The lowest BCUT2D eigenvalue weighted by Gasteiger charge is -2.15. The summed E-state index contributed by atoms with van der Waals surface area (Å²) in [6, 6.07) is 16.0. The molecule has 0 amide bonds. The lowest BCUT2D eigenvalue weighted by molar-refractivity contribution is 0.174. The fraction of sp³-hybridized carbons (Fsp3) is 0.300. The van der Waals surface area contributed by atoms with Crippen molar-refractivity contribution >= 4 is 0 Å². The maximum absolute atomic E-state index is 5.93. The summed E-state index contributed by atoms with van der Waals surface area (Å²) in [5, 5.41) is 8.50. The predicted octanol–water partition coefficient (Wildman–Crippen LogP) is 3.45. The van der Waals surface area contributed by atoms with Crippen LogP contribution in [-0.2, 0) is 6.54 Å². The van der Waals surface area contributed by atoms with Gasteiger partial charge in [-0.05, 0) is 42.8 Å². The Morgan fingerprint density at radius 3 is 2.81 bits per heavy atom. The first-order chi connectivity index (χ1) is 12.8. The molecule has 0 N–H and O–H groups in total. The number of benzene rings is 2. The zero-order valence-electron chi connectivity index (χ0n) is 14.3. The summed E-state index contributed by atoms with van der Waals surface area (Å²) in [7, 11) is 0. The first kappa shape index (κ1) is 15.4. The fourth-order valence-corrected chi connectivity index (χ4v) is 3.57. The smallest absolute Gasteiger partial charge is 0.247 e. The average molecular weight is 349 g/mol. The lowest BCUT2D eigenvalue weighted by atomic mass is 10.1. The molecule has 1 unspecified atom stereocenters. The maximum Gasteiger partial charge on any atom is 0.247 e. The second-order valence-electron chi connectivity index (χ2n) is 6.72. The van der Waals surface area contributed by atoms with Crippen molar-refractivity contribution in [2.45, 2.75) is 18.9 Å². The Bertz CT molecular complexity index is 910. The molecule has 3 aromatic rings. The molecule has 1 atom stereocenters. The highest BCUT2D eigenvalue weighted by Gasteiger charge is 2.28. The van der Waals surface area contributed by atoms with Crippen LogP contribution in [0.3, 0.4) is 0 Å². The van der Waals surface area contributed by atoms with E-state index in [1.54, 1.807) is 0 Å². The summed E-state index contributed by atoms with van der Waals surface area (Å²) < 4.78 is 16.8. The second kappa shape index (κ2) is 6.46. The van der Waals surface area contributed by atoms with E-state index in [1.165, 1.54) is 5.56 Å². The molecule has 2 aliphatic rings. The van der Waals surface area contributed by atoms with Crippen LogP contribution in [0, 0.1) is 0 Å². The minimum Gasteiger partial charge on any atom is -0.454 e. The third-order valence-corrected chi connectivity index (χ3v) is 4.93. The Balaban J connectivity index is 1.25. The maximum atomic E-state index is 5.93. The molecule has 2 aromatic carbocycles. The van der Waals surface area contributed by atoms with Crippen molar-refractivity contribution in [3.05, 3.63) is 60.0 Å². The van der Waals surface area contributed by atoms with E-state index in [1.807, 2.05) is 36.4 Å². The van der Waals surface area contributed by atoms with E-state index in [2.05, 4.69) is 27.2 Å². The summed E-state index contributed by atoms with van der Waals surface area (Å²) in [6.07, 6.45) is 1.03. The van der Waals surface area contributed by atoms with Gasteiger partial charge in [-0.2, -0.15) is 0 Å². The standard InChI is InChI=1S/C20H19N3O3/c1-2-4-15(5-3-1)19-21-22-20(26-19)16-8-9-23(12-16)11-14-6-7-17-18(10-14)25-13-24-17/h1-7,10,16H,8-9,11-13H2. The summed E-state index contributed by atoms with van der Waals surface area (Å²) in [6.45, 7) is 3.13. The minimum absolute atomic E-state index is 0.286. The summed E-state index contributed by atoms with van der Waals surface area (Å²) in [5.41, 5.74) is 2.19. The highest BCUT2D eigenvalue weighted by molar-refractivity contribution is 5.51. The van der Waals surface area contributed by atoms with Crippen molar-refractivity contribution in [1.82, 2.24) is 15.1 Å². The lowest BCUT2D eigenvalue weighted by Crippen LogP contribution is -2.19. The van der Waals surface area contributed by atoms with Gasteiger partial charge in [0, 0.05) is 18.7 Å². The molecule has 0 bridgehead atoms. The van der Waals surface area contributed by atoms with Crippen LogP contribution in [-0.4, -0.2) is 35.0 Å². The zero-order chi connectivity index (χ0) is 17.3. The molecule has 6 heteroatoms. The molecule has 3 heterocycles. The first-order valence-corrected chi connectivity index (χ1v) is 8.85. The molecule has 5 rings (SSSR count). The number of hydrogen-bond donors (Lipinski definition) is 0. The molecule has 0 saturated carbocycles. The van der Waals surface area contributed by atoms with Gasteiger partial charge in [0.25, 0.3) is 0 Å². The topological polar surface area (TPSA) is 60.6 Å². The van der Waals surface area contributed by atoms with Gasteiger partial charge < -0.3 is 13.9 Å². The zero-order valence-corrected chi connectivity index (χ0v) is 14.3. The van der Waals surface area contributed by atoms with Gasteiger partial charge in [-0.15, -0.1) is 10.2 Å². The monoisotopic (exact) mass is 349 g/mol. The molecule has 0 aliphatic carbocycles. The van der Waals surface area contributed by atoms with E-state index >= 15 is 0 Å². The third kappa shape index (κ3) is 2.93. The molecular formula is C20H19N3O3. The molecule has 1 saturated heterocycles. The van der Waals surface area contributed by atoms with Crippen LogP contribution >= 0.6 is 0 Å². The van der Waals surface area contributed by atoms with Crippen molar-refractivity contribution in [2.24, 2.45) is 0 Å². The average Bonchev–Trinajstić information content (AvgIpc) is 3.42. The van der Waals surface area contributed by atoms with Crippen LogP contribution in [0.4, 0.5) is 0 Å². The van der Waals surface area contributed by atoms with Crippen LogP contribution in [0.1, 0.15) is 23.8 Å². The minimum atomic E-state index is 0.286. The van der Waals surface area contributed by atoms with E-state index in [0.717, 1.165) is 49.0 Å². The molecule has 0 radical (unpaired) electrons. The molecule has 2 aliphatic heterocycles. The van der Waals surface area contributed by atoms with Gasteiger partial charge in [-0.3, -0.25) is 4.90 Å². The van der Waals surface area contributed by atoms with E-state index < -0.39 is 0 Å². The van der Waals surface area contributed by atoms with Gasteiger partial charge in [-0.1, -0.05) is 24.3 Å². The third-order valence-electron chi connectivity index (χ3n) is 4.93. The van der Waals surface area contributed by atoms with E-state index in [0.29, 0.717) is 12.7 Å². The van der Waals surface area contributed by atoms with Crippen molar-refractivity contribution in [1.29, 1.82) is 0 Å². The van der Waals surface area contributed by atoms with Crippen LogP contribution in [0.5, 0.6) is 11.5 Å². The molecule has 0 spiro atoms. The normalized spacial score (nSPS) is 19.2. The molecule has 26 heavy (non-hydrogen) atoms. The predicted molar refractivity (Wildman–Crippen MR) is 94.9 cm³/mol. The van der Waals surface area contributed by atoms with Crippen molar-refractivity contribution in [3.63, 3.8) is 0 Å². The largest absolute Gasteiger partial charge is 0.454 e.